The van der Waals surface area contributed by atoms with Crippen LogP contribution >= 0.6 is 0 Å². The first-order chi connectivity index (χ1) is 15.5. The van der Waals surface area contributed by atoms with Crippen LogP contribution in [0.3, 0.4) is 0 Å². The number of hydrogen-bond donors (Lipinski definition) is 1. The van der Waals surface area contributed by atoms with E-state index in [2.05, 4.69) is 15.0 Å². The number of H-pyrrole nitrogens is 1. The summed E-state index contributed by atoms with van der Waals surface area (Å²) in [5.41, 5.74) is 0.573. The minimum Gasteiger partial charge on any atom is -0.486 e. The topological polar surface area (TPSA) is 109 Å². The van der Waals surface area contributed by atoms with Crippen LogP contribution < -0.4 is 10.3 Å². The number of benzene rings is 1. The quantitative estimate of drug-likeness (QED) is 0.651. The molecule has 4 heterocycles. The summed E-state index contributed by atoms with van der Waals surface area (Å²) in [7, 11) is 0. The summed E-state index contributed by atoms with van der Waals surface area (Å²) in [6, 6.07) is 5.92. The van der Waals surface area contributed by atoms with Crippen LogP contribution in [-0.4, -0.2) is 57.1 Å². The van der Waals surface area contributed by atoms with E-state index >= 15 is 0 Å². The van der Waals surface area contributed by atoms with Crippen molar-refractivity contribution < 1.29 is 13.9 Å². The predicted octanol–water partition coefficient (Wildman–Crippen LogP) is 2.31. The molecule has 0 saturated carbocycles. The Labute approximate surface area is 183 Å². The fourth-order valence-corrected chi connectivity index (χ4v) is 4.25. The highest BCUT2D eigenvalue weighted by Crippen LogP contribution is 2.29. The maximum Gasteiger partial charge on any atom is 0.262 e. The first kappa shape index (κ1) is 20.6. The third-order valence-corrected chi connectivity index (χ3v) is 6.19. The molecule has 1 aromatic carbocycles. The van der Waals surface area contributed by atoms with Crippen molar-refractivity contribution in [2.24, 2.45) is 0 Å². The van der Waals surface area contributed by atoms with Gasteiger partial charge in [-0.1, -0.05) is 0 Å². The molecule has 1 unspecified atom stereocenters. The number of nitrogens with one attached hydrogen (secondary N) is 1. The number of aromatic nitrogens is 4. The Bertz CT molecular complexity index is 1240. The predicted molar refractivity (Wildman–Crippen MR) is 113 cm³/mol. The van der Waals surface area contributed by atoms with Crippen molar-refractivity contribution >= 4 is 11.0 Å². The van der Waals surface area contributed by atoms with Crippen LogP contribution in [0.2, 0.25) is 0 Å². The van der Waals surface area contributed by atoms with Crippen LogP contribution in [0.25, 0.3) is 11.0 Å². The summed E-state index contributed by atoms with van der Waals surface area (Å²) in [6.07, 6.45) is 3.14. The van der Waals surface area contributed by atoms with E-state index in [1.54, 1.807) is 6.20 Å². The van der Waals surface area contributed by atoms with Gasteiger partial charge in [0.05, 0.1) is 23.8 Å². The number of fused-ring (bicyclic) bond motifs is 1. The molecule has 0 bridgehead atoms. The van der Waals surface area contributed by atoms with Gasteiger partial charge in [-0.15, -0.1) is 0 Å². The monoisotopic (exact) mass is 438 g/mol. The minimum atomic E-state index is -0.469. The van der Waals surface area contributed by atoms with Crippen LogP contribution in [0, 0.1) is 17.1 Å². The molecule has 2 aromatic heterocycles. The second-order valence-electron chi connectivity index (χ2n) is 8.24. The highest BCUT2D eigenvalue weighted by molar-refractivity contribution is 5.73. The maximum absolute atomic E-state index is 13.3. The Morgan fingerprint density at radius 1 is 1.34 bits per heavy atom. The fraction of sp³-hybridized carbons (Fsp3) is 0.455. The Morgan fingerprint density at radius 3 is 2.88 bits per heavy atom. The number of aromatic amines is 1. The Morgan fingerprint density at radius 2 is 2.12 bits per heavy atom. The molecule has 3 aromatic rings. The van der Waals surface area contributed by atoms with Gasteiger partial charge in [-0.3, -0.25) is 9.69 Å². The normalized spacial score (nSPS) is 18.9. The molecule has 1 N–H and O–H groups in total. The SMILES string of the molecule is CC(c1nc2c(cnn2C2CCOCC2)c(=O)[nH]1)N1CC(Oc2ccc(F)cc2C#N)C1. The largest absolute Gasteiger partial charge is 0.486 e. The number of likely N-dealkylation sites (tertiary alicyclic amines) is 1. The third-order valence-electron chi connectivity index (χ3n) is 6.19. The molecule has 2 aliphatic heterocycles. The van der Waals surface area contributed by atoms with E-state index < -0.39 is 5.82 Å². The summed E-state index contributed by atoms with van der Waals surface area (Å²) >= 11 is 0. The van der Waals surface area contributed by atoms with Crippen LogP contribution in [-0.2, 0) is 4.74 Å². The third kappa shape index (κ3) is 3.74. The molecular formula is C22H23FN6O3. The molecule has 9 nitrogen and oxygen atoms in total. The lowest BCUT2D eigenvalue weighted by atomic mass is 10.1. The van der Waals surface area contributed by atoms with Gasteiger partial charge in [-0.2, -0.15) is 10.4 Å². The zero-order chi connectivity index (χ0) is 22.2. The lowest BCUT2D eigenvalue weighted by Gasteiger charge is -2.42. The molecule has 0 aliphatic carbocycles. The lowest BCUT2D eigenvalue weighted by Crippen LogP contribution is -2.54. The van der Waals surface area contributed by atoms with Crippen molar-refractivity contribution in [3.8, 4) is 11.8 Å². The average molecular weight is 438 g/mol. The van der Waals surface area contributed by atoms with Gasteiger partial charge < -0.3 is 14.5 Å². The number of hydrogen-bond acceptors (Lipinski definition) is 7. The molecule has 5 rings (SSSR count). The van der Waals surface area contributed by atoms with Crippen LogP contribution in [0.1, 0.15) is 43.2 Å². The Balaban J connectivity index is 1.31. The molecule has 0 spiro atoms. The first-order valence-electron chi connectivity index (χ1n) is 10.7. The second-order valence-corrected chi connectivity index (χ2v) is 8.24. The van der Waals surface area contributed by atoms with Gasteiger partial charge in [0.15, 0.2) is 5.65 Å². The summed E-state index contributed by atoms with van der Waals surface area (Å²) in [6.45, 7) is 4.53. The van der Waals surface area contributed by atoms with Crippen molar-refractivity contribution in [1.29, 1.82) is 5.26 Å². The number of halogens is 1. The second kappa shape index (κ2) is 8.33. The summed E-state index contributed by atoms with van der Waals surface area (Å²) < 4.78 is 26.5. The summed E-state index contributed by atoms with van der Waals surface area (Å²) in [5, 5.41) is 14.1. The van der Waals surface area contributed by atoms with E-state index in [-0.39, 0.29) is 29.3 Å². The average Bonchev–Trinajstić information content (AvgIpc) is 3.21. The van der Waals surface area contributed by atoms with Crippen molar-refractivity contribution in [1.82, 2.24) is 24.6 Å². The Hall–Kier alpha value is -3.29. The molecule has 0 radical (unpaired) electrons. The van der Waals surface area contributed by atoms with E-state index in [1.807, 2.05) is 17.7 Å². The number of ether oxygens (including phenoxy) is 2. The maximum atomic E-state index is 13.3. The molecule has 166 valence electrons. The molecule has 2 saturated heterocycles. The van der Waals surface area contributed by atoms with Crippen molar-refractivity contribution in [2.45, 2.75) is 38.0 Å². The number of nitrogens with zero attached hydrogens (tertiary/aromatic N) is 5. The van der Waals surface area contributed by atoms with Gasteiger partial charge in [0.1, 0.15) is 35.0 Å². The molecule has 2 aliphatic rings. The van der Waals surface area contributed by atoms with Gasteiger partial charge in [0.25, 0.3) is 5.56 Å². The lowest BCUT2D eigenvalue weighted by molar-refractivity contribution is -0.00753. The number of nitriles is 1. The highest BCUT2D eigenvalue weighted by Gasteiger charge is 2.34. The zero-order valence-electron chi connectivity index (χ0n) is 17.6. The molecule has 2 fully saturated rings. The van der Waals surface area contributed by atoms with Gasteiger partial charge in [0.2, 0.25) is 0 Å². The minimum absolute atomic E-state index is 0.127. The highest BCUT2D eigenvalue weighted by atomic mass is 19.1. The van der Waals surface area contributed by atoms with Gasteiger partial charge >= 0.3 is 0 Å². The van der Waals surface area contributed by atoms with E-state index in [1.165, 1.54) is 18.2 Å². The molecular weight excluding hydrogens is 415 g/mol. The van der Waals surface area contributed by atoms with Crippen molar-refractivity contribution in [2.75, 3.05) is 26.3 Å². The van der Waals surface area contributed by atoms with Crippen LogP contribution in [0.4, 0.5) is 4.39 Å². The standard InChI is InChI=1S/C22H23FN6O3/c1-13(28-11-17(12-28)32-19-3-2-15(23)8-14(19)9-24)20-26-21-18(22(30)27-20)10-25-29(21)16-4-6-31-7-5-16/h2-3,8,10,13,16-17H,4-7,11-12H2,1H3,(H,26,27,30). The van der Waals surface area contributed by atoms with Crippen LogP contribution in [0.15, 0.2) is 29.2 Å². The zero-order valence-corrected chi connectivity index (χ0v) is 17.6. The van der Waals surface area contributed by atoms with E-state index in [4.69, 9.17) is 14.5 Å². The first-order valence-corrected chi connectivity index (χ1v) is 10.7. The Kier molecular flexibility index (Phi) is 5.36. The van der Waals surface area contributed by atoms with Crippen molar-refractivity contribution in [3.63, 3.8) is 0 Å². The van der Waals surface area contributed by atoms with Crippen molar-refractivity contribution in [3.05, 3.63) is 52.0 Å². The molecule has 1 atom stereocenters. The fourth-order valence-electron chi connectivity index (χ4n) is 4.25. The van der Waals surface area contributed by atoms with Gasteiger partial charge in [-0.05, 0) is 38.0 Å². The van der Waals surface area contributed by atoms with E-state index in [0.29, 0.717) is 48.9 Å². The molecule has 32 heavy (non-hydrogen) atoms. The molecule has 10 heteroatoms. The van der Waals surface area contributed by atoms with Crippen LogP contribution in [0.5, 0.6) is 5.75 Å². The smallest absolute Gasteiger partial charge is 0.262 e. The van der Waals surface area contributed by atoms with Gasteiger partial charge in [0, 0.05) is 26.3 Å². The summed E-state index contributed by atoms with van der Waals surface area (Å²) in [4.78, 5) is 22.4. The number of rotatable bonds is 5. The van der Waals surface area contributed by atoms with E-state index in [9.17, 15) is 14.4 Å². The molecule has 0 amide bonds. The summed E-state index contributed by atoms with van der Waals surface area (Å²) in [5.74, 6) is 0.483. The van der Waals surface area contributed by atoms with E-state index in [0.717, 1.165) is 12.8 Å². The van der Waals surface area contributed by atoms with Gasteiger partial charge in [-0.25, -0.2) is 14.1 Å².